The Morgan fingerprint density at radius 3 is 2.83 bits per heavy atom. The number of hydrogen-bond acceptors (Lipinski definition) is 1. The highest BCUT2D eigenvalue weighted by Crippen LogP contribution is 2.36. The van der Waals surface area contributed by atoms with Gasteiger partial charge in [0.1, 0.15) is 11.9 Å². The SMILES string of the molecule is Fc1c(Br)cc(Cl)cc1C1CO1. The predicted molar refractivity (Wildman–Crippen MR) is 47.8 cm³/mol. The van der Waals surface area contributed by atoms with Crippen LogP contribution in [0.3, 0.4) is 0 Å². The average molecular weight is 251 g/mol. The van der Waals surface area contributed by atoms with Crippen LogP contribution < -0.4 is 0 Å². The minimum atomic E-state index is -0.276. The van der Waals surface area contributed by atoms with Gasteiger partial charge in [0.15, 0.2) is 0 Å². The van der Waals surface area contributed by atoms with Crippen LogP contribution >= 0.6 is 27.5 Å². The number of ether oxygens (including phenoxy) is 1. The van der Waals surface area contributed by atoms with Crippen molar-refractivity contribution in [3.63, 3.8) is 0 Å². The van der Waals surface area contributed by atoms with Gasteiger partial charge in [-0.25, -0.2) is 4.39 Å². The van der Waals surface area contributed by atoms with Crippen molar-refractivity contribution in [2.24, 2.45) is 0 Å². The van der Waals surface area contributed by atoms with Crippen LogP contribution in [0.15, 0.2) is 16.6 Å². The van der Waals surface area contributed by atoms with Crippen molar-refractivity contribution in [1.82, 2.24) is 0 Å². The number of benzene rings is 1. The van der Waals surface area contributed by atoms with Crippen molar-refractivity contribution >= 4 is 27.5 Å². The summed E-state index contributed by atoms with van der Waals surface area (Å²) < 4.78 is 18.6. The first-order valence-corrected chi connectivity index (χ1v) is 4.61. The van der Waals surface area contributed by atoms with Gasteiger partial charge in [0.25, 0.3) is 0 Å². The Bertz CT molecular complexity index is 325. The molecule has 0 spiro atoms. The van der Waals surface area contributed by atoms with E-state index in [1.807, 2.05) is 0 Å². The van der Waals surface area contributed by atoms with Crippen molar-refractivity contribution in [1.29, 1.82) is 0 Å². The van der Waals surface area contributed by atoms with E-state index in [0.717, 1.165) is 0 Å². The monoisotopic (exact) mass is 250 g/mol. The van der Waals surface area contributed by atoms with E-state index in [1.165, 1.54) is 6.07 Å². The smallest absolute Gasteiger partial charge is 0.143 e. The van der Waals surface area contributed by atoms with Gasteiger partial charge in [0, 0.05) is 10.6 Å². The van der Waals surface area contributed by atoms with Crippen molar-refractivity contribution in [3.8, 4) is 0 Å². The van der Waals surface area contributed by atoms with Gasteiger partial charge in [-0.15, -0.1) is 0 Å². The molecule has 1 aliphatic rings. The lowest BCUT2D eigenvalue weighted by atomic mass is 10.1. The molecule has 0 saturated carbocycles. The summed E-state index contributed by atoms with van der Waals surface area (Å²) >= 11 is 8.82. The topological polar surface area (TPSA) is 12.5 Å². The second kappa shape index (κ2) is 2.98. The molecule has 1 unspecified atom stereocenters. The fourth-order valence-electron chi connectivity index (χ4n) is 1.04. The Labute approximate surface area is 82.6 Å². The van der Waals surface area contributed by atoms with Crippen molar-refractivity contribution in [2.75, 3.05) is 6.61 Å². The number of epoxide rings is 1. The zero-order chi connectivity index (χ0) is 8.72. The molecule has 0 N–H and O–H groups in total. The molecule has 1 fully saturated rings. The lowest BCUT2D eigenvalue weighted by Gasteiger charge is -2.01. The van der Waals surface area contributed by atoms with E-state index in [-0.39, 0.29) is 11.9 Å². The molecule has 1 aromatic carbocycles. The summed E-state index contributed by atoms with van der Waals surface area (Å²) in [5.41, 5.74) is 0.536. The van der Waals surface area contributed by atoms with E-state index < -0.39 is 0 Å². The maximum atomic E-state index is 13.3. The number of hydrogen-bond donors (Lipinski definition) is 0. The summed E-state index contributed by atoms with van der Waals surface area (Å²) in [7, 11) is 0. The summed E-state index contributed by atoms with van der Waals surface area (Å²) in [6.45, 7) is 0.587. The van der Waals surface area contributed by atoms with Crippen LogP contribution in [0.1, 0.15) is 11.7 Å². The fraction of sp³-hybridized carbons (Fsp3) is 0.250. The maximum Gasteiger partial charge on any atom is 0.143 e. The van der Waals surface area contributed by atoms with Crippen LogP contribution in [0.4, 0.5) is 4.39 Å². The van der Waals surface area contributed by atoms with Gasteiger partial charge in [-0.3, -0.25) is 0 Å². The van der Waals surface area contributed by atoms with Crippen LogP contribution in [-0.2, 0) is 4.74 Å². The van der Waals surface area contributed by atoms with Crippen LogP contribution in [0.5, 0.6) is 0 Å². The number of halogens is 3. The van der Waals surface area contributed by atoms with Crippen molar-refractivity contribution in [3.05, 3.63) is 33.0 Å². The van der Waals surface area contributed by atoms with Gasteiger partial charge in [-0.2, -0.15) is 0 Å². The van der Waals surface area contributed by atoms with Crippen LogP contribution in [-0.4, -0.2) is 6.61 Å². The average Bonchev–Trinajstić information content (AvgIpc) is 2.79. The molecule has 1 aromatic rings. The molecular formula is C8H5BrClFO. The molecule has 1 saturated heterocycles. The highest BCUT2D eigenvalue weighted by Gasteiger charge is 2.29. The Hall–Kier alpha value is -0.120. The minimum absolute atomic E-state index is 0.0972. The molecule has 0 bridgehead atoms. The standard InChI is InChI=1S/C8H5BrClFO/c9-6-2-4(10)1-5(8(6)11)7-3-12-7/h1-2,7H,3H2. The van der Waals surface area contributed by atoms with Gasteiger partial charge < -0.3 is 4.74 Å². The van der Waals surface area contributed by atoms with Crippen LogP contribution in [0.2, 0.25) is 5.02 Å². The summed E-state index contributed by atoms with van der Waals surface area (Å²) in [6, 6.07) is 3.13. The van der Waals surface area contributed by atoms with E-state index >= 15 is 0 Å². The van der Waals surface area contributed by atoms with E-state index in [0.29, 0.717) is 21.7 Å². The zero-order valence-electron chi connectivity index (χ0n) is 5.98. The Morgan fingerprint density at radius 2 is 2.25 bits per heavy atom. The molecule has 0 radical (unpaired) electrons. The second-order valence-electron chi connectivity index (χ2n) is 2.61. The number of rotatable bonds is 1. The Kier molecular flexibility index (Phi) is 2.10. The summed E-state index contributed by atoms with van der Waals surface area (Å²) in [5, 5.41) is 0.522. The molecule has 0 amide bonds. The molecule has 2 rings (SSSR count). The summed E-state index contributed by atoms with van der Waals surface area (Å²) in [5.74, 6) is -0.276. The molecule has 0 aliphatic carbocycles. The molecule has 0 aromatic heterocycles. The van der Waals surface area contributed by atoms with Crippen LogP contribution in [0.25, 0.3) is 0 Å². The highest BCUT2D eigenvalue weighted by molar-refractivity contribution is 9.10. The Morgan fingerprint density at radius 1 is 1.58 bits per heavy atom. The van der Waals surface area contributed by atoms with E-state index in [4.69, 9.17) is 16.3 Å². The summed E-state index contributed by atoms with van der Waals surface area (Å²) in [4.78, 5) is 0. The van der Waals surface area contributed by atoms with Gasteiger partial charge in [0.05, 0.1) is 11.1 Å². The van der Waals surface area contributed by atoms with Crippen LogP contribution in [0, 0.1) is 5.82 Å². The first kappa shape index (κ1) is 8.48. The molecule has 12 heavy (non-hydrogen) atoms. The third-order valence-electron chi connectivity index (χ3n) is 1.70. The zero-order valence-corrected chi connectivity index (χ0v) is 8.32. The normalized spacial score (nSPS) is 21.1. The molecule has 1 aliphatic heterocycles. The first-order valence-electron chi connectivity index (χ1n) is 3.44. The maximum absolute atomic E-state index is 13.3. The molecule has 64 valence electrons. The minimum Gasteiger partial charge on any atom is -0.368 e. The Balaban J connectivity index is 2.51. The van der Waals surface area contributed by atoms with Gasteiger partial charge in [-0.1, -0.05) is 11.6 Å². The quantitative estimate of drug-likeness (QED) is 0.551. The largest absolute Gasteiger partial charge is 0.368 e. The highest BCUT2D eigenvalue weighted by atomic mass is 79.9. The lowest BCUT2D eigenvalue weighted by molar-refractivity contribution is 0.407. The lowest BCUT2D eigenvalue weighted by Crippen LogP contribution is -1.89. The van der Waals surface area contributed by atoms with E-state index in [2.05, 4.69) is 15.9 Å². The van der Waals surface area contributed by atoms with Gasteiger partial charge >= 0.3 is 0 Å². The molecular weight excluding hydrogens is 246 g/mol. The molecule has 1 atom stereocenters. The predicted octanol–water partition coefficient (Wildman–Crippen LogP) is 3.31. The fourth-order valence-corrected chi connectivity index (χ4v) is 1.87. The first-order chi connectivity index (χ1) is 5.68. The molecule has 4 heteroatoms. The molecule has 1 heterocycles. The van der Waals surface area contributed by atoms with E-state index in [1.54, 1.807) is 6.07 Å². The van der Waals surface area contributed by atoms with Gasteiger partial charge in [0.2, 0.25) is 0 Å². The summed E-state index contributed by atoms with van der Waals surface area (Å²) in [6.07, 6.45) is -0.0972. The third-order valence-corrected chi connectivity index (χ3v) is 2.50. The molecule has 1 nitrogen and oxygen atoms in total. The van der Waals surface area contributed by atoms with Gasteiger partial charge in [-0.05, 0) is 28.1 Å². The third kappa shape index (κ3) is 1.49. The van der Waals surface area contributed by atoms with Crippen molar-refractivity contribution in [2.45, 2.75) is 6.10 Å². The van der Waals surface area contributed by atoms with E-state index in [9.17, 15) is 4.39 Å². The second-order valence-corrected chi connectivity index (χ2v) is 3.90. The van der Waals surface area contributed by atoms with Crippen molar-refractivity contribution < 1.29 is 9.13 Å².